The lowest BCUT2D eigenvalue weighted by Crippen LogP contribution is -2.17. The SMILES string of the molecule is COc1cc(/C=N/NC(=O)c2ccc(C)cc2)c(Br)cc1OCc1ccccc1F. The van der Waals surface area contributed by atoms with Gasteiger partial charge in [0, 0.05) is 21.2 Å². The molecule has 154 valence electrons. The van der Waals surface area contributed by atoms with Crippen LogP contribution in [0.15, 0.2) is 70.2 Å². The first-order valence-electron chi connectivity index (χ1n) is 9.11. The van der Waals surface area contributed by atoms with Crippen molar-refractivity contribution < 1.29 is 18.7 Å². The van der Waals surface area contributed by atoms with E-state index in [-0.39, 0.29) is 18.3 Å². The molecular formula is C23H20BrFN2O3. The third-order valence-electron chi connectivity index (χ3n) is 4.31. The van der Waals surface area contributed by atoms with Crippen LogP contribution in [0.2, 0.25) is 0 Å². The number of hydrogen-bond acceptors (Lipinski definition) is 4. The van der Waals surface area contributed by atoms with Crippen LogP contribution in [0.3, 0.4) is 0 Å². The number of rotatable bonds is 7. The van der Waals surface area contributed by atoms with Crippen molar-refractivity contribution in [2.75, 3.05) is 7.11 Å². The smallest absolute Gasteiger partial charge is 0.271 e. The molecule has 0 radical (unpaired) electrons. The third kappa shape index (κ3) is 5.45. The molecule has 3 rings (SSSR count). The number of methoxy groups -OCH3 is 1. The average molecular weight is 471 g/mol. The molecule has 1 amide bonds. The van der Waals surface area contributed by atoms with Crippen LogP contribution in [0.4, 0.5) is 4.39 Å². The van der Waals surface area contributed by atoms with E-state index in [0.29, 0.717) is 32.7 Å². The van der Waals surface area contributed by atoms with E-state index in [9.17, 15) is 9.18 Å². The maximum absolute atomic E-state index is 13.8. The highest BCUT2D eigenvalue weighted by Crippen LogP contribution is 2.33. The maximum Gasteiger partial charge on any atom is 0.271 e. The Balaban J connectivity index is 1.70. The van der Waals surface area contributed by atoms with Gasteiger partial charge in [0.05, 0.1) is 13.3 Å². The minimum absolute atomic E-state index is 0.0650. The van der Waals surface area contributed by atoms with Crippen molar-refractivity contribution in [1.82, 2.24) is 5.43 Å². The molecule has 7 heteroatoms. The summed E-state index contributed by atoms with van der Waals surface area (Å²) in [5.41, 5.74) is 5.21. The lowest BCUT2D eigenvalue weighted by molar-refractivity contribution is 0.0955. The molecule has 0 unspecified atom stereocenters. The van der Waals surface area contributed by atoms with Gasteiger partial charge in [-0.15, -0.1) is 0 Å². The number of nitrogens with one attached hydrogen (secondary N) is 1. The predicted molar refractivity (Wildman–Crippen MR) is 118 cm³/mol. The van der Waals surface area contributed by atoms with Gasteiger partial charge in [0.25, 0.3) is 5.91 Å². The molecule has 0 aliphatic heterocycles. The van der Waals surface area contributed by atoms with Gasteiger partial charge in [-0.05, 0) is 53.2 Å². The standard InChI is InChI=1S/C23H20BrFN2O3/c1-15-7-9-16(10-8-15)23(28)27-26-13-18-11-21(29-2)22(12-19(18)24)30-14-17-5-3-4-6-20(17)25/h3-13H,14H2,1-2H3,(H,27,28)/b26-13+. The van der Waals surface area contributed by atoms with Crippen LogP contribution >= 0.6 is 15.9 Å². The number of aryl methyl sites for hydroxylation is 1. The summed E-state index contributed by atoms with van der Waals surface area (Å²) in [4.78, 5) is 12.1. The fourth-order valence-electron chi connectivity index (χ4n) is 2.62. The predicted octanol–water partition coefficient (Wildman–Crippen LogP) is 5.25. The van der Waals surface area contributed by atoms with Crippen molar-refractivity contribution in [3.05, 3.63) is 93.2 Å². The lowest BCUT2D eigenvalue weighted by Gasteiger charge is -2.13. The van der Waals surface area contributed by atoms with Crippen LogP contribution < -0.4 is 14.9 Å². The van der Waals surface area contributed by atoms with E-state index < -0.39 is 0 Å². The van der Waals surface area contributed by atoms with Crippen LogP contribution in [-0.2, 0) is 6.61 Å². The van der Waals surface area contributed by atoms with Crippen molar-refractivity contribution >= 4 is 28.1 Å². The topological polar surface area (TPSA) is 59.9 Å². The number of hydrazone groups is 1. The van der Waals surface area contributed by atoms with E-state index in [1.807, 2.05) is 19.1 Å². The average Bonchev–Trinajstić information content (AvgIpc) is 2.74. The van der Waals surface area contributed by atoms with Crippen LogP contribution in [0.5, 0.6) is 11.5 Å². The van der Waals surface area contributed by atoms with Crippen molar-refractivity contribution in [3.63, 3.8) is 0 Å². The highest BCUT2D eigenvalue weighted by atomic mass is 79.9. The molecule has 5 nitrogen and oxygen atoms in total. The van der Waals surface area contributed by atoms with Gasteiger partial charge >= 0.3 is 0 Å². The number of hydrogen-bond donors (Lipinski definition) is 1. The summed E-state index contributed by atoms with van der Waals surface area (Å²) in [6, 6.07) is 17.0. The Bertz CT molecular complexity index is 1070. The molecule has 3 aromatic rings. The molecule has 0 saturated heterocycles. The Hall–Kier alpha value is -3.19. The van der Waals surface area contributed by atoms with Crippen molar-refractivity contribution in [2.24, 2.45) is 5.10 Å². The fourth-order valence-corrected chi connectivity index (χ4v) is 3.05. The monoisotopic (exact) mass is 470 g/mol. The normalized spacial score (nSPS) is 10.8. The van der Waals surface area contributed by atoms with E-state index in [4.69, 9.17) is 9.47 Å². The molecular weight excluding hydrogens is 451 g/mol. The van der Waals surface area contributed by atoms with E-state index in [2.05, 4.69) is 26.5 Å². The van der Waals surface area contributed by atoms with E-state index in [1.54, 1.807) is 42.5 Å². The minimum Gasteiger partial charge on any atom is -0.493 e. The van der Waals surface area contributed by atoms with Gasteiger partial charge in [0.15, 0.2) is 11.5 Å². The first kappa shape index (κ1) is 21.5. The molecule has 0 aliphatic carbocycles. The van der Waals surface area contributed by atoms with Crippen molar-refractivity contribution in [3.8, 4) is 11.5 Å². The van der Waals surface area contributed by atoms with E-state index >= 15 is 0 Å². The summed E-state index contributed by atoms with van der Waals surface area (Å²) in [5.74, 6) is 0.275. The molecule has 0 aromatic heterocycles. The van der Waals surface area contributed by atoms with Gasteiger partial charge in [-0.1, -0.05) is 35.9 Å². The fraction of sp³-hybridized carbons (Fsp3) is 0.130. The molecule has 0 bridgehead atoms. The number of carbonyl (C=O) groups is 1. The summed E-state index contributed by atoms with van der Waals surface area (Å²) >= 11 is 3.46. The maximum atomic E-state index is 13.8. The Morgan fingerprint density at radius 3 is 2.57 bits per heavy atom. The molecule has 3 aromatic carbocycles. The van der Waals surface area contributed by atoms with Gasteiger partial charge in [-0.25, -0.2) is 9.82 Å². The number of carbonyl (C=O) groups excluding carboxylic acids is 1. The van der Waals surface area contributed by atoms with E-state index in [0.717, 1.165) is 5.56 Å². The van der Waals surface area contributed by atoms with Gasteiger partial charge in [0.2, 0.25) is 0 Å². The highest BCUT2D eigenvalue weighted by molar-refractivity contribution is 9.10. The van der Waals surface area contributed by atoms with Crippen LogP contribution in [-0.4, -0.2) is 19.2 Å². The second-order valence-corrected chi connectivity index (χ2v) is 7.32. The molecule has 0 atom stereocenters. The molecule has 0 heterocycles. The lowest BCUT2D eigenvalue weighted by atomic mass is 10.1. The number of benzene rings is 3. The molecule has 0 aliphatic rings. The minimum atomic E-state index is -0.330. The molecule has 0 saturated carbocycles. The summed E-state index contributed by atoms with van der Waals surface area (Å²) in [6.45, 7) is 2.02. The number of halogens is 2. The van der Waals surface area contributed by atoms with Gasteiger partial charge in [-0.2, -0.15) is 5.10 Å². The first-order valence-corrected chi connectivity index (χ1v) is 9.91. The van der Waals surface area contributed by atoms with Gasteiger partial charge in [-0.3, -0.25) is 4.79 Å². The third-order valence-corrected chi connectivity index (χ3v) is 4.99. The van der Waals surface area contributed by atoms with Crippen molar-refractivity contribution in [1.29, 1.82) is 0 Å². The molecule has 0 fully saturated rings. The van der Waals surface area contributed by atoms with Crippen LogP contribution in [0.25, 0.3) is 0 Å². The Morgan fingerprint density at radius 1 is 1.13 bits per heavy atom. The van der Waals surface area contributed by atoms with Gasteiger partial charge < -0.3 is 9.47 Å². The second-order valence-electron chi connectivity index (χ2n) is 6.47. The zero-order chi connectivity index (χ0) is 21.5. The molecule has 0 spiro atoms. The van der Waals surface area contributed by atoms with E-state index in [1.165, 1.54) is 19.4 Å². The first-order chi connectivity index (χ1) is 14.5. The zero-order valence-corrected chi connectivity index (χ0v) is 18.1. The summed E-state index contributed by atoms with van der Waals surface area (Å²) in [6.07, 6.45) is 1.50. The largest absolute Gasteiger partial charge is 0.493 e. The van der Waals surface area contributed by atoms with Crippen LogP contribution in [0, 0.1) is 12.7 Å². The molecule has 30 heavy (non-hydrogen) atoms. The highest BCUT2D eigenvalue weighted by Gasteiger charge is 2.11. The summed E-state index contributed by atoms with van der Waals surface area (Å²) in [5, 5.41) is 4.01. The summed E-state index contributed by atoms with van der Waals surface area (Å²) < 4.78 is 25.6. The number of amides is 1. The second kappa shape index (κ2) is 10.0. The van der Waals surface area contributed by atoms with Gasteiger partial charge in [0.1, 0.15) is 12.4 Å². The number of ether oxygens (including phenoxy) is 2. The Kier molecular flexibility index (Phi) is 7.19. The molecule has 1 N–H and O–H groups in total. The van der Waals surface area contributed by atoms with Crippen molar-refractivity contribution in [2.45, 2.75) is 13.5 Å². The Morgan fingerprint density at radius 2 is 1.87 bits per heavy atom. The summed E-state index contributed by atoms with van der Waals surface area (Å²) in [7, 11) is 1.51. The number of nitrogens with zero attached hydrogens (tertiary/aromatic N) is 1. The quantitative estimate of drug-likeness (QED) is 0.379. The zero-order valence-electron chi connectivity index (χ0n) is 16.5. The van der Waals surface area contributed by atoms with Crippen LogP contribution in [0.1, 0.15) is 27.0 Å². The Labute approximate surface area is 182 Å².